The van der Waals surface area contributed by atoms with Crippen molar-refractivity contribution in [3.05, 3.63) is 29.3 Å². The van der Waals surface area contributed by atoms with E-state index in [0.29, 0.717) is 17.2 Å². The highest BCUT2D eigenvalue weighted by molar-refractivity contribution is 5.60. The average Bonchev–Trinajstić information content (AvgIpc) is 2.88. The molecule has 0 saturated heterocycles. The van der Waals surface area contributed by atoms with Crippen LogP contribution in [-0.4, -0.2) is 19.0 Å². The van der Waals surface area contributed by atoms with Gasteiger partial charge in [-0.3, -0.25) is 0 Å². The van der Waals surface area contributed by atoms with Gasteiger partial charge >= 0.3 is 0 Å². The van der Waals surface area contributed by atoms with Gasteiger partial charge in [0.05, 0.1) is 13.7 Å². The summed E-state index contributed by atoms with van der Waals surface area (Å²) in [7, 11) is 1.58. The summed E-state index contributed by atoms with van der Waals surface area (Å²) in [4.78, 5) is 0. The molecule has 1 heterocycles. The summed E-state index contributed by atoms with van der Waals surface area (Å²) in [5.74, 6) is 1.85. The molecule has 0 unspecified atom stereocenters. The van der Waals surface area contributed by atoms with Gasteiger partial charge in [0.2, 0.25) is 12.5 Å². The Kier molecular flexibility index (Phi) is 4.78. The lowest BCUT2D eigenvalue weighted by molar-refractivity contribution is 0.170. The van der Waals surface area contributed by atoms with Crippen molar-refractivity contribution < 1.29 is 19.3 Å². The number of hydrogen-bond acceptors (Lipinski definition) is 4. The predicted octanol–water partition coefficient (Wildman–Crippen LogP) is 3.45. The van der Waals surface area contributed by atoms with Gasteiger partial charge in [-0.15, -0.1) is 0 Å². The lowest BCUT2D eigenvalue weighted by Gasteiger charge is -2.15. The fourth-order valence-electron chi connectivity index (χ4n) is 2.32. The van der Waals surface area contributed by atoms with Crippen molar-refractivity contribution in [2.24, 2.45) is 5.41 Å². The number of rotatable bonds is 5. The molecular formula is C17H24O4. The van der Waals surface area contributed by atoms with Gasteiger partial charge in [-0.05, 0) is 29.9 Å². The molecule has 1 aromatic carbocycles. The molecule has 0 spiro atoms. The molecule has 4 nitrogen and oxygen atoms in total. The summed E-state index contributed by atoms with van der Waals surface area (Å²) in [6.07, 6.45) is 6.06. The summed E-state index contributed by atoms with van der Waals surface area (Å²) < 4.78 is 16.2. The van der Waals surface area contributed by atoms with Gasteiger partial charge in [0.15, 0.2) is 11.5 Å². The summed E-state index contributed by atoms with van der Waals surface area (Å²) in [5.41, 5.74) is 2.05. The number of hydrogen-bond donors (Lipinski definition) is 1. The minimum absolute atomic E-state index is 0.0811. The Morgan fingerprint density at radius 1 is 1.29 bits per heavy atom. The SMILES string of the molecule is COc1c(CO)c(C/C=C/CC(C)(C)C)cc2c1OCO2. The molecule has 0 bridgehead atoms. The summed E-state index contributed by atoms with van der Waals surface area (Å²) in [6.45, 7) is 6.74. The fraction of sp³-hybridized carbons (Fsp3) is 0.529. The minimum atomic E-state index is -0.0811. The van der Waals surface area contributed by atoms with E-state index in [1.807, 2.05) is 6.07 Å². The van der Waals surface area contributed by atoms with Crippen LogP contribution in [0.3, 0.4) is 0 Å². The van der Waals surface area contributed by atoms with E-state index in [9.17, 15) is 5.11 Å². The monoisotopic (exact) mass is 292 g/mol. The summed E-state index contributed by atoms with van der Waals surface area (Å²) in [6, 6.07) is 1.93. The standard InChI is InChI=1S/C17H24O4/c1-17(2,3)8-6-5-7-12-9-14-16(21-11-20-14)15(19-4)13(12)10-18/h5-6,9,18H,7-8,10-11H2,1-4H3/b6-5+. The Labute approximate surface area is 126 Å². The Bertz CT molecular complexity index is 527. The van der Waals surface area contributed by atoms with Crippen LogP contribution in [0.5, 0.6) is 17.2 Å². The molecule has 0 atom stereocenters. The molecule has 0 fully saturated rings. The zero-order valence-corrected chi connectivity index (χ0v) is 13.2. The number of aliphatic hydroxyl groups excluding tert-OH is 1. The van der Waals surface area contributed by atoms with Crippen molar-refractivity contribution in [3.8, 4) is 17.2 Å². The van der Waals surface area contributed by atoms with Crippen LogP contribution in [0.1, 0.15) is 38.3 Å². The van der Waals surface area contributed by atoms with Gasteiger partial charge in [-0.1, -0.05) is 32.9 Å². The van der Waals surface area contributed by atoms with Crippen LogP contribution >= 0.6 is 0 Å². The lowest BCUT2D eigenvalue weighted by Crippen LogP contribution is -2.02. The number of allylic oxidation sites excluding steroid dienone is 2. The van der Waals surface area contributed by atoms with Crippen LogP contribution in [0.15, 0.2) is 18.2 Å². The number of benzene rings is 1. The van der Waals surface area contributed by atoms with Crippen molar-refractivity contribution in [1.82, 2.24) is 0 Å². The van der Waals surface area contributed by atoms with Crippen molar-refractivity contribution in [2.75, 3.05) is 13.9 Å². The third kappa shape index (κ3) is 3.70. The third-order valence-electron chi connectivity index (χ3n) is 3.41. The van der Waals surface area contributed by atoms with E-state index in [1.165, 1.54) is 0 Å². The van der Waals surface area contributed by atoms with Gasteiger partial charge in [0, 0.05) is 5.56 Å². The van der Waals surface area contributed by atoms with Crippen LogP contribution in [-0.2, 0) is 13.0 Å². The number of methoxy groups -OCH3 is 1. The highest BCUT2D eigenvalue weighted by Gasteiger charge is 2.24. The smallest absolute Gasteiger partial charge is 0.231 e. The largest absolute Gasteiger partial charge is 0.492 e. The van der Waals surface area contributed by atoms with Crippen LogP contribution < -0.4 is 14.2 Å². The molecule has 4 heteroatoms. The molecule has 1 aromatic rings. The molecule has 1 aliphatic heterocycles. The number of fused-ring (bicyclic) bond motifs is 1. The van der Waals surface area contributed by atoms with Gasteiger partial charge in [-0.2, -0.15) is 0 Å². The molecule has 21 heavy (non-hydrogen) atoms. The summed E-state index contributed by atoms with van der Waals surface area (Å²) >= 11 is 0. The normalized spacial score (nSPS) is 14.0. The third-order valence-corrected chi connectivity index (χ3v) is 3.41. The van der Waals surface area contributed by atoms with Gasteiger partial charge in [0.25, 0.3) is 0 Å². The van der Waals surface area contributed by atoms with Crippen LogP contribution in [0.4, 0.5) is 0 Å². The van der Waals surface area contributed by atoms with E-state index in [4.69, 9.17) is 14.2 Å². The van der Waals surface area contributed by atoms with Crippen molar-refractivity contribution in [1.29, 1.82) is 0 Å². The van der Waals surface area contributed by atoms with Crippen molar-refractivity contribution in [3.63, 3.8) is 0 Å². The van der Waals surface area contributed by atoms with Crippen LogP contribution in [0.25, 0.3) is 0 Å². The Morgan fingerprint density at radius 2 is 2.05 bits per heavy atom. The zero-order chi connectivity index (χ0) is 15.5. The van der Waals surface area contributed by atoms with Gasteiger partial charge in [0.1, 0.15) is 0 Å². The zero-order valence-electron chi connectivity index (χ0n) is 13.2. The Balaban J connectivity index is 2.23. The molecule has 1 aliphatic rings. The van der Waals surface area contributed by atoms with E-state index < -0.39 is 0 Å². The van der Waals surface area contributed by atoms with E-state index in [-0.39, 0.29) is 18.8 Å². The maximum atomic E-state index is 9.65. The fourth-order valence-corrected chi connectivity index (χ4v) is 2.32. The molecule has 2 rings (SSSR count). The molecule has 0 radical (unpaired) electrons. The molecule has 1 N–H and O–H groups in total. The molecule has 0 saturated carbocycles. The first-order valence-electron chi connectivity index (χ1n) is 7.20. The van der Waals surface area contributed by atoms with Crippen molar-refractivity contribution in [2.45, 2.75) is 40.2 Å². The molecule has 0 aromatic heterocycles. The highest BCUT2D eigenvalue weighted by Crippen LogP contribution is 2.45. The molecule has 116 valence electrons. The maximum Gasteiger partial charge on any atom is 0.231 e. The lowest BCUT2D eigenvalue weighted by atomic mass is 9.92. The molecule has 0 aliphatic carbocycles. The first kappa shape index (κ1) is 15.7. The first-order chi connectivity index (χ1) is 9.96. The van der Waals surface area contributed by atoms with Gasteiger partial charge < -0.3 is 19.3 Å². The Hall–Kier alpha value is -1.68. The van der Waals surface area contributed by atoms with E-state index >= 15 is 0 Å². The maximum absolute atomic E-state index is 9.65. The number of ether oxygens (including phenoxy) is 3. The second-order valence-corrected chi connectivity index (χ2v) is 6.38. The van der Waals surface area contributed by atoms with Crippen LogP contribution in [0, 0.1) is 5.41 Å². The topological polar surface area (TPSA) is 47.9 Å². The van der Waals surface area contributed by atoms with Crippen molar-refractivity contribution >= 4 is 0 Å². The second kappa shape index (κ2) is 6.39. The van der Waals surface area contributed by atoms with E-state index in [1.54, 1.807) is 7.11 Å². The molecular weight excluding hydrogens is 268 g/mol. The average molecular weight is 292 g/mol. The molecule has 0 amide bonds. The van der Waals surface area contributed by atoms with Gasteiger partial charge in [-0.25, -0.2) is 0 Å². The van der Waals surface area contributed by atoms with Crippen LogP contribution in [0.2, 0.25) is 0 Å². The number of aliphatic hydroxyl groups is 1. The van der Waals surface area contributed by atoms with E-state index in [0.717, 1.165) is 24.0 Å². The summed E-state index contributed by atoms with van der Waals surface area (Å²) in [5, 5.41) is 9.65. The Morgan fingerprint density at radius 3 is 2.67 bits per heavy atom. The second-order valence-electron chi connectivity index (χ2n) is 6.38. The minimum Gasteiger partial charge on any atom is -0.492 e. The highest BCUT2D eigenvalue weighted by atomic mass is 16.7. The predicted molar refractivity (Wildman–Crippen MR) is 82.0 cm³/mol. The quantitative estimate of drug-likeness (QED) is 0.844. The first-order valence-corrected chi connectivity index (χ1v) is 7.20. The van der Waals surface area contributed by atoms with E-state index in [2.05, 4.69) is 32.9 Å².